The molecule has 0 spiro atoms. The van der Waals surface area contributed by atoms with Crippen LogP contribution in [-0.4, -0.2) is 12.1 Å². The number of allylic oxidation sites excluding steroid dienone is 4. The monoisotopic (exact) mass is 218 g/mol. The standard InChI is InChI=1S/C14H22N2/c1-5-9-11(7-3)13(15)14(16)12(8-4)10-6-2/h5-10,13-14H,1,3,15-16H2,2,4H3/b10-6-,11-9+,12-8+/t13-,14-/m1/s1. The summed E-state index contributed by atoms with van der Waals surface area (Å²) in [6.45, 7) is 11.3. The molecule has 0 saturated heterocycles. The Hall–Kier alpha value is -1.38. The van der Waals surface area contributed by atoms with Gasteiger partial charge in [-0.3, -0.25) is 0 Å². The Bertz CT molecular complexity index is 322. The summed E-state index contributed by atoms with van der Waals surface area (Å²) in [4.78, 5) is 0. The summed E-state index contributed by atoms with van der Waals surface area (Å²) in [5, 5.41) is 0. The van der Waals surface area contributed by atoms with Gasteiger partial charge in [-0.1, -0.05) is 49.6 Å². The highest BCUT2D eigenvalue weighted by molar-refractivity contribution is 5.35. The van der Waals surface area contributed by atoms with Gasteiger partial charge in [-0.15, -0.1) is 0 Å². The molecular formula is C14H22N2. The summed E-state index contributed by atoms with van der Waals surface area (Å²) in [6.07, 6.45) is 11.1. The van der Waals surface area contributed by atoms with Gasteiger partial charge in [-0.2, -0.15) is 0 Å². The maximum atomic E-state index is 6.10. The first-order valence-corrected chi connectivity index (χ1v) is 5.37. The Morgan fingerprint density at radius 1 is 1.06 bits per heavy atom. The Morgan fingerprint density at radius 3 is 2.00 bits per heavy atom. The van der Waals surface area contributed by atoms with Gasteiger partial charge in [-0.25, -0.2) is 0 Å². The molecule has 0 saturated carbocycles. The fourth-order valence-corrected chi connectivity index (χ4v) is 1.46. The molecular weight excluding hydrogens is 196 g/mol. The van der Waals surface area contributed by atoms with Crippen LogP contribution in [0.3, 0.4) is 0 Å². The first-order valence-electron chi connectivity index (χ1n) is 5.37. The highest BCUT2D eigenvalue weighted by atomic mass is 14.8. The van der Waals surface area contributed by atoms with Crippen LogP contribution in [0.4, 0.5) is 0 Å². The molecule has 88 valence electrons. The van der Waals surface area contributed by atoms with Gasteiger partial charge in [0, 0.05) is 12.1 Å². The van der Waals surface area contributed by atoms with E-state index in [1.165, 1.54) is 0 Å². The van der Waals surface area contributed by atoms with Gasteiger partial charge in [0.2, 0.25) is 0 Å². The molecule has 0 aromatic carbocycles. The summed E-state index contributed by atoms with van der Waals surface area (Å²) in [5.74, 6) is 0. The molecule has 0 amide bonds. The SMILES string of the molecule is C=C/C=C(\C=C)[C@@H](N)[C@H](N)C(/C=C\C)=C/C. The van der Waals surface area contributed by atoms with Crippen molar-refractivity contribution in [2.45, 2.75) is 25.9 Å². The van der Waals surface area contributed by atoms with E-state index >= 15 is 0 Å². The lowest BCUT2D eigenvalue weighted by molar-refractivity contribution is 0.665. The molecule has 0 rings (SSSR count). The van der Waals surface area contributed by atoms with E-state index in [2.05, 4.69) is 13.2 Å². The van der Waals surface area contributed by atoms with Crippen molar-refractivity contribution >= 4 is 0 Å². The highest BCUT2D eigenvalue weighted by Crippen LogP contribution is 2.12. The smallest absolute Gasteiger partial charge is 0.0490 e. The van der Waals surface area contributed by atoms with E-state index in [1.807, 2.05) is 38.2 Å². The molecule has 0 aromatic heterocycles. The quantitative estimate of drug-likeness (QED) is 0.673. The van der Waals surface area contributed by atoms with Crippen molar-refractivity contribution in [2.24, 2.45) is 11.5 Å². The van der Waals surface area contributed by atoms with Crippen molar-refractivity contribution in [3.05, 3.63) is 60.8 Å². The minimum atomic E-state index is -0.266. The number of hydrogen-bond acceptors (Lipinski definition) is 2. The number of nitrogens with two attached hydrogens (primary N) is 2. The predicted molar refractivity (Wildman–Crippen MR) is 73.0 cm³/mol. The average molecular weight is 218 g/mol. The Kier molecular flexibility index (Phi) is 7.18. The third kappa shape index (κ3) is 4.01. The van der Waals surface area contributed by atoms with Gasteiger partial charge in [0.05, 0.1) is 0 Å². The number of hydrogen-bond donors (Lipinski definition) is 2. The second-order valence-electron chi connectivity index (χ2n) is 3.45. The zero-order valence-corrected chi connectivity index (χ0v) is 10.2. The summed E-state index contributed by atoms with van der Waals surface area (Å²) < 4.78 is 0. The summed E-state index contributed by atoms with van der Waals surface area (Å²) in [5.41, 5.74) is 14.1. The van der Waals surface area contributed by atoms with Crippen LogP contribution in [0.5, 0.6) is 0 Å². The summed E-state index contributed by atoms with van der Waals surface area (Å²) >= 11 is 0. The lowest BCUT2D eigenvalue weighted by atomic mass is 9.93. The first-order chi connectivity index (χ1) is 7.62. The zero-order chi connectivity index (χ0) is 12.6. The van der Waals surface area contributed by atoms with Crippen molar-refractivity contribution in [3.63, 3.8) is 0 Å². The Morgan fingerprint density at radius 2 is 1.62 bits per heavy atom. The predicted octanol–water partition coefficient (Wildman–Crippen LogP) is 2.46. The molecule has 0 aliphatic rings. The van der Waals surface area contributed by atoms with Crippen LogP contribution in [0, 0.1) is 0 Å². The van der Waals surface area contributed by atoms with Gasteiger partial charge >= 0.3 is 0 Å². The summed E-state index contributed by atoms with van der Waals surface area (Å²) in [6, 6.07) is -0.497. The minimum Gasteiger partial charge on any atom is -0.322 e. The van der Waals surface area contributed by atoms with Gasteiger partial charge < -0.3 is 11.5 Å². The third-order valence-electron chi connectivity index (χ3n) is 2.40. The lowest BCUT2D eigenvalue weighted by Gasteiger charge is -2.22. The first kappa shape index (κ1) is 14.6. The van der Waals surface area contributed by atoms with E-state index in [1.54, 1.807) is 12.2 Å². The van der Waals surface area contributed by atoms with E-state index in [4.69, 9.17) is 11.5 Å². The topological polar surface area (TPSA) is 52.0 Å². The van der Waals surface area contributed by atoms with Crippen LogP contribution >= 0.6 is 0 Å². The second-order valence-corrected chi connectivity index (χ2v) is 3.45. The zero-order valence-electron chi connectivity index (χ0n) is 10.2. The van der Waals surface area contributed by atoms with E-state index < -0.39 is 0 Å². The number of rotatable bonds is 6. The second kappa shape index (κ2) is 7.85. The largest absolute Gasteiger partial charge is 0.322 e. The van der Waals surface area contributed by atoms with Crippen LogP contribution < -0.4 is 11.5 Å². The van der Waals surface area contributed by atoms with E-state index in [-0.39, 0.29) is 12.1 Å². The van der Waals surface area contributed by atoms with Crippen LogP contribution in [0.15, 0.2) is 60.8 Å². The average Bonchev–Trinajstić information content (AvgIpc) is 2.31. The van der Waals surface area contributed by atoms with Gasteiger partial charge in [0.15, 0.2) is 0 Å². The van der Waals surface area contributed by atoms with Gasteiger partial charge in [0.25, 0.3) is 0 Å². The maximum Gasteiger partial charge on any atom is 0.0490 e. The van der Waals surface area contributed by atoms with Gasteiger partial charge in [-0.05, 0) is 25.0 Å². The molecule has 16 heavy (non-hydrogen) atoms. The lowest BCUT2D eigenvalue weighted by Crippen LogP contribution is -2.43. The maximum absolute atomic E-state index is 6.10. The molecule has 2 atom stereocenters. The molecule has 2 nitrogen and oxygen atoms in total. The van der Waals surface area contributed by atoms with Crippen molar-refractivity contribution in [1.82, 2.24) is 0 Å². The van der Waals surface area contributed by atoms with Crippen LogP contribution in [0.1, 0.15) is 13.8 Å². The third-order valence-corrected chi connectivity index (χ3v) is 2.40. The van der Waals surface area contributed by atoms with Crippen molar-refractivity contribution in [3.8, 4) is 0 Å². The molecule has 0 aliphatic carbocycles. The van der Waals surface area contributed by atoms with Gasteiger partial charge in [0.1, 0.15) is 0 Å². The molecule has 0 radical (unpaired) electrons. The molecule has 0 bridgehead atoms. The van der Waals surface area contributed by atoms with Crippen LogP contribution in [0.25, 0.3) is 0 Å². The fraction of sp³-hybridized carbons (Fsp3) is 0.286. The molecule has 0 heterocycles. The highest BCUT2D eigenvalue weighted by Gasteiger charge is 2.17. The Labute approximate surface area is 98.7 Å². The Balaban J connectivity index is 4.96. The van der Waals surface area contributed by atoms with Crippen molar-refractivity contribution < 1.29 is 0 Å². The normalized spacial score (nSPS) is 17.2. The molecule has 2 heteroatoms. The van der Waals surface area contributed by atoms with Crippen LogP contribution in [0.2, 0.25) is 0 Å². The minimum absolute atomic E-state index is 0.231. The fourth-order valence-electron chi connectivity index (χ4n) is 1.46. The molecule has 4 N–H and O–H groups in total. The van der Waals surface area contributed by atoms with E-state index in [0.29, 0.717) is 0 Å². The van der Waals surface area contributed by atoms with Crippen LogP contribution in [-0.2, 0) is 0 Å². The molecule has 0 fully saturated rings. The molecule has 0 unspecified atom stereocenters. The van der Waals surface area contributed by atoms with Crippen molar-refractivity contribution in [2.75, 3.05) is 0 Å². The molecule has 0 aliphatic heterocycles. The summed E-state index contributed by atoms with van der Waals surface area (Å²) in [7, 11) is 0. The molecule has 0 aromatic rings. The van der Waals surface area contributed by atoms with E-state index in [0.717, 1.165) is 11.1 Å². The van der Waals surface area contributed by atoms with E-state index in [9.17, 15) is 0 Å². The van der Waals surface area contributed by atoms with Crippen molar-refractivity contribution in [1.29, 1.82) is 0 Å².